The van der Waals surface area contributed by atoms with Crippen molar-refractivity contribution in [3.63, 3.8) is 0 Å². The van der Waals surface area contributed by atoms with E-state index in [-0.39, 0.29) is 23.9 Å². The van der Waals surface area contributed by atoms with Crippen LogP contribution >= 0.6 is 0 Å². The van der Waals surface area contributed by atoms with Crippen LogP contribution in [0.15, 0.2) is 10.9 Å². The smallest absolute Gasteiger partial charge is 0.251 e. The second kappa shape index (κ2) is 5.30. The number of piperidine rings is 1. The fraction of sp³-hybridized carbons (Fsp3) is 0.583. The lowest BCUT2D eigenvalue weighted by Gasteiger charge is -2.31. The lowest BCUT2D eigenvalue weighted by Crippen LogP contribution is -2.40. The van der Waals surface area contributed by atoms with Crippen LogP contribution in [-0.2, 0) is 4.79 Å². The van der Waals surface area contributed by atoms with Crippen LogP contribution in [0.1, 0.15) is 30.3 Å². The van der Waals surface area contributed by atoms with Gasteiger partial charge in [0.25, 0.3) is 5.56 Å². The van der Waals surface area contributed by atoms with Gasteiger partial charge in [-0.1, -0.05) is 0 Å². The number of primary amides is 1. The molecule has 2 heterocycles. The van der Waals surface area contributed by atoms with Crippen molar-refractivity contribution in [3.8, 4) is 0 Å². The van der Waals surface area contributed by atoms with E-state index in [1.807, 2.05) is 11.8 Å². The summed E-state index contributed by atoms with van der Waals surface area (Å²) >= 11 is 0. The van der Waals surface area contributed by atoms with Gasteiger partial charge in [-0.15, -0.1) is 0 Å². The van der Waals surface area contributed by atoms with Gasteiger partial charge in [0.15, 0.2) is 0 Å². The minimum atomic E-state index is -0.318. The Morgan fingerprint density at radius 2 is 2.44 bits per heavy atom. The Morgan fingerprint density at radius 1 is 1.67 bits per heavy atom. The summed E-state index contributed by atoms with van der Waals surface area (Å²) in [5.74, 6) is 0.571. The summed E-state index contributed by atoms with van der Waals surface area (Å²) in [6.45, 7) is 3.67. The number of carbonyl (C=O) groups is 1. The van der Waals surface area contributed by atoms with Crippen LogP contribution in [-0.4, -0.2) is 40.4 Å². The summed E-state index contributed by atoms with van der Waals surface area (Å²) in [4.78, 5) is 31.5. The van der Waals surface area contributed by atoms with Crippen LogP contribution in [0, 0.1) is 6.92 Å². The second-order valence-electron chi connectivity index (χ2n) is 4.81. The molecular formula is C12H18N4O2. The summed E-state index contributed by atoms with van der Waals surface area (Å²) < 4.78 is 0. The van der Waals surface area contributed by atoms with E-state index >= 15 is 0 Å². The molecule has 0 aromatic carbocycles. The average Bonchev–Trinajstić information content (AvgIpc) is 2.27. The Bertz CT molecular complexity index is 497. The molecule has 6 nitrogen and oxygen atoms in total. The van der Waals surface area contributed by atoms with E-state index < -0.39 is 0 Å². The van der Waals surface area contributed by atoms with E-state index in [9.17, 15) is 9.59 Å². The molecule has 1 aliphatic heterocycles. The Hall–Kier alpha value is -1.69. The number of hydrogen-bond donors (Lipinski definition) is 2. The summed E-state index contributed by atoms with van der Waals surface area (Å²) in [6, 6.07) is 1.48. The standard InChI is InChI=1S/C12H18N4O2/c1-8-5-11(18)15-12(14-8)9-3-2-4-16(6-9)7-10(13)17/h5,9H,2-4,6-7H2,1H3,(H2,13,17)(H,14,15,18). The van der Waals surface area contributed by atoms with Crippen LogP contribution in [0.2, 0.25) is 0 Å². The van der Waals surface area contributed by atoms with Gasteiger partial charge in [-0.05, 0) is 26.3 Å². The van der Waals surface area contributed by atoms with Crippen LogP contribution in [0.3, 0.4) is 0 Å². The van der Waals surface area contributed by atoms with Crippen molar-refractivity contribution in [2.75, 3.05) is 19.6 Å². The number of H-pyrrole nitrogens is 1. The lowest BCUT2D eigenvalue weighted by molar-refractivity contribution is -0.119. The fourth-order valence-electron chi connectivity index (χ4n) is 2.44. The zero-order valence-corrected chi connectivity index (χ0v) is 10.5. The first kappa shape index (κ1) is 12.8. The molecular weight excluding hydrogens is 232 g/mol. The maximum atomic E-state index is 11.4. The van der Waals surface area contributed by atoms with E-state index in [1.165, 1.54) is 6.07 Å². The number of aryl methyl sites for hydroxylation is 1. The van der Waals surface area contributed by atoms with Gasteiger partial charge in [0.05, 0.1) is 6.54 Å². The van der Waals surface area contributed by atoms with Gasteiger partial charge < -0.3 is 10.7 Å². The predicted molar refractivity (Wildman–Crippen MR) is 67.2 cm³/mol. The van der Waals surface area contributed by atoms with E-state index in [2.05, 4.69) is 9.97 Å². The minimum absolute atomic E-state index is 0.121. The number of hydrogen-bond acceptors (Lipinski definition) is 4. The number of aromatic amines is 1. The SMILES string of the molecule is Cc1cc(=O)[nH]c(C2CCCN(CC(N)=O)C2)n1. The molecule has 1 saturated heterocycles. The molecule has 18 heavy (non-hydrogen) atoms. The molecule has 6 heteroatoms. The predicted octanol–water partition coefficient (Wildman–Crippen LogP) is -0.257. The average molecular weight is 250 g/mol. The molecule has 1 aromatic heterocycles. The van der Waals surface area contributed by atoms with Crippen LogP contribution in [0.5, 0.6) is 0 Å². The van der Waals surface area contributed by atoms with Gasteiger partial charge >= 0.3 is 0 Å². The maximum Gasteiger partial charge on any atom is 0.251 e. The molecule has 3 N–H and O–H groups in total. The highest BCUT2D eigenvalue weighted by Gasteiger charge is 2.23. The molecule has 0 radical (unpaired) electrons. The summed E-state index contributed by atoms with van der Waals surface area (Å²) in [5, 5.41) is 0. The van der Waals surface area contributed by atoms with Crippen molar-refractivity contribution in [1.82, 2.24) is 14.9 Å². The third-order valence-electron chi connectivity index (χ3n) is 3.16. The minimum Gasteiger partial charge on any atom is -0.369 e. The molecule has 1 aromatic rings. The first-order chi connectivity index (χ1) is 8.54. The monoisotopic (exact) mass is 250 g/mol. The van der Waals surface area contributed by atoms with E-state index in [4.69, 9.17) is 5.73 Å². The van der Waals surface area contributed by atoms with Gasteiger partial charge in [-0.2, -0.15) is 0 Å². The Balaban J connectivity index is 2.12. The molecule has 1 fully saturated rings. The van der Waals surface area contributed by atoms with Crippen molar-refractivity contribution in [3.05, 3.63) is 27.9 Å². The van der Waals surface area contributed by atoms with Crippen molar-refractivity contribution >= 4 is 5.91 Å². The third-order valence-corrected chi connectivity index (χ3v) is 3.16. The number of carbonyl (C=O) groups excluding carboxylic acids is 1. The molecule has 0 spiro atoms. The largest absolute Gasteiger partial charge is 0.369 e. The van der Waals surface area contributed by atoms with Crippen LogP contribution in [0.25, 0.3) is 0 Å². The second-order valence-corrected chi connectivity index (χ2v) is 4.81. The molecule has 1 unspecified atom stereocenters. The molecule has 1 aliphatic rings. The lowest BCUT2D eigenvalue weighted by atomic mass is 9.97. The molecule has 0 bridgehead atoms. The number of aromatic nitrogens is 2. The zero-order valence-electron chi connectivity index (χ0n) is 10.5. The fourth-order valence-corrected chi connectivity index (χ4v) is 2.44. The summed E-state index contributed by atoms with van der Waals surface area (Å²) in [6.07, 6.45) is 1.96. The van der Waals surface area contributed by atoms with Gasteiger partial charge in [0, 0.05) is 24.2 Å². The Morgan fingerprint density at radius 3 is 3.11 bits per heavy atom. The van der Waals surface area contributed by atoms with Crippen molar-refractivity contribution in [1.29, 1.82) is 0 Å². The molecule has 0 saturated carbocycles. The Labute approximate surface area is 105 Å². The third kappa shape index (κ3) is 3.16. The Kier molecular flexibility index (Phi) is 3.76. The molecule has 0 aliphatic carbocycles. The molecule has 1 atom stereocenters. The number of likely N-dealkylation sites (tertiary alicyclic amines) is 1. The number of nitrogens with zero attached hydrogens (tertiary/aromatic N) is 2. The quantitative estimate of drug-likeness (QED) is 0.773. The van der Waals surface area contributed by atoms with E-state index in [1.54, 1.807) is 0 Å². The molecule has 2 rings (SSSR count). The number of amides is 1. The number of rotatable bonds is 3. The van der Waals surface area contributed by atoms with Gasteiger partial charge in [0.2, 0.25) is 5.91 Å². The van der Waals surface area contributed by atoms with Crippen molar-refractivity contribution < 1.29 is 4.79 Å². The topological polar surface area (TPSA) is 92.1 Å². The number of nitrogens with two attached hydrogens (primary N) is 1. The highest BCUT2D eigenvalue weighted by Crippen LogP contribution is 2.23. The van der Waals surface area contributed by atoms with Crippen LogP contribution in [0.4, 0.5) is 0 Å². The highest BCUT2D eigenvalue weighted by molar-refractivity contribution is 5.75. The van der Waals surface area contributed by atoms with Crippen molar-refractivity contribution in [2.45, 2.75) is 25.7 Å². The van der Waals surface area contributed by atoms with Gasteiger partial charge in [-0.25, -0.2) is 4.98 Å². The normalized spacial score (nSPS) is 20.8. The van der Waals surface area contributed by atoms with E-state index in [0.29, 0.717) is 5.82 Å². The summed E-state index contributed by atoms with van der Waals surface area (Å²) in [5.41, 5.74) is 5.80. The summed E-state index contributed by atoms with van der Waals surface area (Å²) in [7, 11) is 0. The maximum absolute atomic E-state index is 11.4. The van der Waals surface area contributed by atoms with Gasteiger partial charge in [-0.3, -0.25) is 14.5 Å². The highest BCUT2D eigenvalue weighted by atomic mass is 16.1. The molecule has 1 amide bonds. The zero-order chi connectivity index (χ0) is 13.1. The van der Waals surface area contributed by atoms with Crippen molar-refractivity contribution in [2.24, 2.45) is 5.73 Å². The first-order valence-electron chi connectivity index (χ1n) is 6.13. The van der Waals surface area contributed by atoms with Crippen LogP contribution < -0.4 is 11.3 Å². The van der Waals surface area contributed by atoms with E-state index in [0.717, 1.165) is 31.6 Å². The van der Waals surface area contributed by atoms with Gasteiger partial charge in [0.1, 0.15) is 5.82 Å². The first-order valence-corrected chi connectivity index (χ1v) is 6.13. The number of nitrogens with one attached hydrogen (secondary N) is 1. The molecule has 98 valence electrons.